The first-order chi connectivity index (χ1) is 10.6. The number of rotatable bonds is 4. The molecule has 0 bridgehead atoms. The summed E-state index contributed by atoms with van der Waals surface area (Å²) >= 11 is 0. The van der Waals surface area contributed by atoms with Crippen molar-refractivity contribution >= 4 is 18.1 Å². The van der Waals surface area contributed by atoms with E-state index in [1.54, 1.807) is 0 Å². The van der Waals surface area contributed by atoms with Crippen LogP contribution in [0.15, 0.2) is 18.2 Å². The number of hydrogen-bond donors (Lipinski definition) is 1. The van der Waals surface area contributed by atoms with Crippen LogP contribution in [-0.4, -0.2) is 60.0 Å². The van der Waals surface area contributed by atoms with Gasteiger partial charge in [0, 0.05) is 56.9 Å². The van der Waals surface area contributed by atoms with Gasteiger partial charge in [0.05, 0.1) is 4.92 Å². The molecular formula is C15H22ClFN4O2. The minimum atomic E-state index is -0.435. The molecule has 0 spiro atoms. The second-order valence-corrected chi connectivity index (χ2v) is 5.99. The van der Waals surface area contributed by atoms with Crippen LogP contribution in [0.2, 0.25) is 0 Å². The summed E-state index contributed by atoms with van der Waals surface area (Å²) in [6.07, 6.45) is 1.19. The molecule has 0 aromatic heterocycles. The Balaban J connectivity index is 0.00000192. The van der Waals surface area contributed by atoms with Crippen molar-refractivity contribution in [1.82, 2.24) is 15.1 Å². The average Bonchev–Trinajstić information content (AvgIpc) is 3.02. The molecule has 2 saturated heterocycles. The molecule has 1 aromatic carbocycles. The smallest absolute Gasteiger partial charge is 0.274 e. The van der Waals surface area contributed by atoms with Crippen LogP contribution in [0.5, 0.6) is 0 Å². The van der Waals surface area contributed by atoms with Gasteiger partial charge in [-0.1, -0.05) is 0 Å². The van der Waals surface area contributed by atoms with Gasteiger partial charge in [-0.25, -0.2) is 4.39 Å². The van der Waals surface area contributed by atoms with Crippen LogP contribution >= 0.6 is 12.4 Å². The molecule has 6 nitrogen and oxygen atoms in total. The van der Waals surface area contributed by atoms with Gasteiger partial charge in [-0.2, -0.15) is 0 Å². The van der Waals surface area contributed by atoms with Crippen molar-refractivity contribution in [3.63, 3.8) is 0 Å². The molecule has 2 fully saturated rings. The fourth-order valence-electron chi connectivity index (χ4n) is 3.34. The first-order valence-electron chi connectivity index (χ1n) is 7.73. The van der Waals surface area contributed by atoms with E-state index in [-0.39, 0.29) is 18.1 Å². The Kier molecular flexibility index (Phi) is 6.29. The molecule has 1 atom stereocenters. The van der Waals surface area contributed by atoms with E-state index in [0.717, 1.165) is 45.3 Å². The minimum absolute atomic E-state index is 0. The Labute approximate surface area is 141 Å². The van der Waals surface area contributed by atoms with E-state index < -0.39 is 10.7 Å². The van der Waals surface area contributed by atoms with Crippen molar-refractivity contribution in [3.05, 3.63) is 39.7 Å². The van der Waals surface area contributed by atoms with Crippen molar-refractivity contribution in [2.75, 3.05) is 39.3 Å². The lowest BCUT2D eigenvalue weighted by Crippen LogP contribution is -2.50. The zero-order valence-corrected chi connectivity index (χ0v) is 13.7. The Morgan fingerprint density at radius 1 is 1.30 bits per heavy atom. The Morgan fingerprint density at radius 2 is 2.04 bits per heavy atom. The third-order valence-corrected chi connectivity index (χ3v) is 4.59. The van der Waals surface area contributed by atoms with E-state index in [1.807, 2.05) is 0 Å². The van der Waals surface area contributed by atoms with Crippen LogP contribution in [0.3, 0.4) is 0 Å². The van der Waals surface area contributed by atoms with Gasteiger partial charge in [-0.05, 0) is 25.1 Å². The average molecular weight is 345 g/mol. The summed E-state index contributed by atoms with van der Waals surface area (Å²) in [5.74, 6) is -0.420. The quantitative estimate of drug-likeness (QED) is 0.664. The van der Waals surface area contributed by atoms with Crippen molar-refractivity contribution in [3.8, 4) is 0 Å². The Hall–Kier alpha value is -1.28. The predicted octanol–water partition coefficient (Wildman–Crippen LogP) is 1.64. The summed E-state index contributed by atoms with van der Waals surface area (Å²) in [6.45, 7) is 6.24. The van der Waals surface area contributed by atoms with Crippen molar-refractivity contribution in [2.45, 2.75) is 19.0 Å². The standard InChI is InChI=1S/C15H21FN4O2.ClH/c16-13-1-2-15(20(21)22)12(9-13)11-18-5-7-19(8-6-18)14-3-4-17-10-14;/h1-2,9,14,17H,3-8,10-11H2;1H. The van der Waals surface area contributed by atoms with Crippen LogP contribution in [0.1, 0.15) is 12.0 Å². The lowest BCUT2D eigenvalue weighted by Gasteiger charge is -2.37. The molecular weight excluding hydrogens is 323 g/mol. The third-order valence-electron chi connectivity index (χ3n) is 4.59. The fourth-order valence-corrected chi connectivity index (χ4v) is 3.34. The van der Waals surface area contributed by atoms with E-state index in [4.69, 9.17) is 0 Å². The molecule has 128 valence electrons. The van der Waals surface area contributed by atoms with Crippen LogP contribution in [0, 0.1) is 15.9 Å². The van der Waals surface area contributed by atoms with Crippen LogP contribution < -0.4 is 5.32 Å². The molecule has 3 rings (SSSR count). The SMILES string of the molecule is Cl.O=[N+]([O-])c1ccc(F)cc1CN1CCN(C2CCNC2)CC1. The number of halogens is 2. The maximum atomic E-state index is 13.4. The monoisotopic (exact) mass is 344 g/mol. The number of piperazine rings is 1. The molecule has 0 aliphatic carbocycles. The molecule has 0 radical (unpaired) electrons. The molecule has 8 heteroatoms. The van der Waals surface area contributed by atoms with Gasteiger partial charge in [0.2, 0.25) is 0 Å². The topological polar surface area (TPSA) is 61.7 Å². The number of benzene rings is 1. The minimum Gasteiger partial charge on any atom is -0.315 e. The number of nitrogens with one attached hydrogen (secondary N) is 1. The number of nitro benzene ring substituents is 1. The highest BCUT2D eigenvalue weighted by atomic mass is 35.5. The van der Waals surface area contributed by atoms with Crippen molar-refractivity contribution in [2.24, 2.45) is 0 Å². The predicted molar refractivity (Wildman–Crippen MR) is 88.4 cm³/mol. The summed E-state index contributed by atoms with van der Waals surface area (Å²) in [5.41, 5.74) is 0.463. The second-order valence-electron chi connectivity index (χ2n) is 5.99. The zero-order valence-electron chi connectivity index (χ0n) is 12.9. The Bertz CT molecular complexity index is 546. The van der Waals surface area contributed by atoms with Gasteiger partial charge in [0.15, 0.2) is 0 Å². The van der Waals surface area contributed by atoms with Gasteiger partial charge >= 0.3 is 0 Å². The first kappa shape index (κ1) is 18.1. The maximum Gasteiger partial charge on any atom is 0.274 e. The molecule has 0 amide bonds. The van der Waals surface area contributed by atoms with Gasteiger partial charge < -0.3 is 5.32 Å². The lowest BCUT2D eigenvalue weighted by atomic mass is 10.1. The Morgan fingerprint density at radius 3 is 2.65 bits per heavy atom. The van der Waals surface area contributed by atoms with Crippen LogP contribution in [0.4, 0.5) is 10.1 Å². The summed E-state index contributed by atoms with van der Waals surface area (Å²) in [5, 5.41) is 14.4. The van der Waals surface area contributed by atoms with E-state index in [1.165, 1.54) is 18.6 Å². The molecule has 2 aliphatic heterocycles. The molecule has 2 heterocycles. The fraction of sp³-hybridized carbons (Fsp3) is 0.600. The van der Waals surface area contributed by atoms with Gasteiger partial charge in [0.25, 0.3) is 5.69 Å². The molecule has 1 N–H and O–H groups in total. The molecule has 2 aliphatic rings. The van der Waals surface area contributed by atoms with Crippen molar-refractivity contribution in [1.29, 1.82) is 0 Å². The van der Waals surface area contributed by atoms with Crippen LogP contribution in [0.25, 0.3) is 0 Å². The number of hydrogen-bond acceptors (Lipinski definition) is 5. The number of nitrogens with zero attached hydrogens (tertiary/aromatic N) is 3. The largest absolute Gasteiger partial charge is 0.315 e. The van der Waals surface area contributed by atoms with Crippen LogP contribution in [-0.2, 0) is 6.54 Å². The summed E-state index contributed by atoms with van der Waals surface area (Å²) in [6, 6.07) is 4.30. The van der Waals surface area contributed by atoms with E-state index in [9.17, 15) is 14.5 Å². The molecule has 0 saturated carbocycles. The van der Waals surface area contributed by atoms with E-state index in [2.05, 4.69) is 15.1 Å². The van der Waals surface area contributed by atoms with Gasteiger partial charge in [0.1, 0.15) is 5.82 Å². The molecule has 1 unspecified atom stereocenters. The van der Waals surface area contributed by atoms with E-state index >= 15 is 0 Å². The highest BCUT2D eigenvalue weighted by Gasteiger charge is 2.27. The highest BCUT2D eigenvalue weighted by Crippen LogP contribution is 2.22. The molecule has 23 heavy (non-hydrogen) atoms. The lowest BCUT2D eigenvalue weighted by molar-refractivity contribution is -0.385. The summed E-state index contributed by atoms with van der Waals surface area (Å²) < 4.78 is 13.4. The number of nitro groups is 1. The second kappa shape index (κ2) is 8.01. The summed E-state index contributed by atoms with van der Waals surface area (Å²) in [7, 11) is 0. The van der Waals surface area contributed by atoms with Crippen molar-refractivity contribution < 1.29 is 9.31 Å². The zero-order chi connectivity index (χ0) is 15.5. The van der Waals surface area contributed by atoms with Gasteiger partial charge in [-0.15, -0.1) is 12.4 Å². The molecule has 1 aromatic rings. The highest BCUT2D eigenvalue weighted by molar-refractivity contribution is 5.85. The summed E-state index contributed by atoms with van der Waals surface area (Å²) in [4.78, 5) is 15.3. The van der Waals surface area contributed by atoms with E-state index in [0.29, 0.717) is 18.2 Å². The first-order valence-corrected chi connectivity index (χ1v) is 7.73. The maximum absolute atomic E-state index is 13.4. The normalized spacial score (nSPS) is 22.7. The third kappa shape index (κ3) is 4.38. The van der Waals surface area contributed by atoms with Gasteiger partial charge in [-0.3, -0.25) is 19.9 Å².